The van der Waals surface area contributed by atoms with Gasteiger partial charge in [0.1, 0.15) is 11.8 Å². The van der Waals surface area contributed by atoms with Crippen molar-refractivity contribution in [1.29, 1.82) is 0 Å². The number of benzene rings is 1. The molecule has 162 valence electrons. The molecular formula is C19H28N2O7S. The molecule has 4 unspecified atom stereocenters. The summed E-state index contributed by atoms with van der Waals surface area (Å²) in [5, 5.41) is 0. The second-order valence-corrected chi connectivity index (χ2v) is 8.81. The fraction of sp³-hybridized carbons (Fsp3) is 0.579. The van der Waals surface area contributed by atoms with Crippen molar-refractivity contribution < 1.29 is 32.2 Å². The van der Waals surface area contributed by atoms with Crippen LogP contribution in [-0.2, 0) is 29.1 Å². The molecule has 9 nitrogen and oxygen atoms in total. The average Bonchev–Trinajstić information content (AvgIpc) is 2.66. The molecule has 10 heteroatoms. The Labute approximate surface area is 171 Å². The van der Waals surface area contributed by atoms with Gasteiger partial charge in [0.05, 0.1) is 24.2 Å². The number of amides is 1. The van der Waals surface area contributed by atoms with E-state index in [1.807, 2.05) is 13.8 Å². The highest BCUT2D eigenvalue weighted by Gasteiger charge is 2.32. The number of hydrogen-bond acceptors (Lipinski definition) is 7. The Hall–Kier alpha value is -2.17. The molecule has 1 saturated heterocycles. The molecule has 1 heterocycles. The van der Waals surface area contributed by atoms with Crippen LogP contribution in [0.15, 0.2) is 29.2 Å². The van der Waals surface area contributed by atoms with Crippen LogP contribution in [0.1, 0.15) is 27.7 Å². The number of carbonyl (C=O) groups is 2. The average molecular weight is 429 g/mol. The molecule has 0 aromatic heterocycles. The number of ether oxygens (including phenoxy) is 3. The summed E-state index contributed by atoms with van der Waals surface area (Å²) in [5.41, 5.74) is 0. The summed E-state index contributed by atoms with van der Waals surface area (Å²) in [4.78, 5) is 26.4. The zero-order valence-corrected chi connectivity index (χ0v) is 18.1. The molecule has 1 fully saturated rings. The van der Waals surface area contributed by atoms with Gasteiger partial charge >= 0.3 is 5.97 Å². The number of nitrogens with one attached hydrogen (secondary N) is 1. The van der Waals surface area contributed by atoms with Crippen molar-refractivity contribution in [1.82, 2.24) is 9.62 Å². The van der Waals surface area contributed by atoms with Crippen molar-refractivity contribution in [3.63, 3.8) is 0 Å². The van der Waals surface area contributed by atoms with E-state index in [9.17, 15) is 18.0 Å². The van der Waals surface area contributed by atoms with Crippen LogP contribution in [0.4, 0.5) is 0 Å². The first-order chi connectivity index (χ1) is 13.5. The van der Waals surface area contributed by atoms with E-state index in [2.05, 4.69) is 4.72 Å². The molecule has 0 radical (unpaired) electrons. The van der Waals surface area contributed by atoms with Crippen molar-refractivity contribution in [2.75, 3.05) is 20.2 Å². The summed E-state index contributed by atoms with van der Waals surface area (Å²) < 4.78 is 42.9. The predicted molar refractivity (Wildman–Crippen MR) is 105 cm³/mol. The summed E-state index contributed by atoms with van der Waals surface area (Å²) in [6.45, 7) is 7.37. The SMILES string of the molecule is COc1ccc(S(=O)(=O)NC(C)C(=O)OC(C)C(=O)N2CC(C)OC(C)C2)cc1. The first-order valence-corrected chi connectivity index (χ1v) is 10.8. The Morgan fingerprint density at radius 2 is 1.69 bits per heavy atom. The van der Waals surface area contributed by atoms with Crippen molar-refractivity contribution >= 4 is 21.9 Å². The molecule has 29 heavy (non-hydrogen) atoms. The number of methoxy groups -OCH3 is 1. The van der Waals surface area contributed by atoms with Crippen LogP contribution < -0.4 is 9.46 Å². The monoisotopic (exact) mass is 428 g/mol. The van der Waals surface area contributed by atoms with Gasteiger partial charge < -0.3 is 19.1 Å². The lowest BCUT2D eigenvalue weighted by Crippen LogP contribution is -2.52. The molecule has 0 aliphatic carbocycles. The normalized spacial score (nSPS) is 21.9. The third-order valence-electron chi connectivity index (χ3n) is 4.43. The maximum Gasteiger partial charge on any atom is 0.324 e. The lowest BCUT2D eigenvalue weighted by atomic mass is 10.2. The minimum atomic E-state index is -3.94. The molecule has 0 spiro atoms. The van der Waals surface area contributed by atoms with Crippen LogP contribution in [-0.4, -0.2) is 69.7 Å². The van der Waals surface area contributed by atoms with Gasteiger partial charge in [-0.25, -0.2) is 8.42 Å². The fourth-order valence-electron chi connectivity index (χ4n) is 3.05. The van der Waals surface area contributed by atoms with Crippen LogP contribution in [0.2, 0.25) is 0 Å². The lowest BCUT2D eigenvalue weighted by molar-refractivity contribution is -0.165. The maximum atomic E-state index is 12.6. The van der Waals surface area contributed by atoms with E-state index in [1.165, 1.54) is 45.2 Å². The van der Waals surface area contributed by atoms with Crippen molar-refractivity contribution in [3.05, 3.63) is 24.3 Å². The number of nitrogens with zero attached hydrogens (tertiary/aromatic N) is 1. The molecule has 1 aromatic carbocycles. The van der Waals surface area contributed by atoms with Gasteiger partial charge in [0.15, 0.2) is 6.10 Å². The number of carbonyl (C=O) groups excluding carboxylic acids is 2. The topological polar surface area (TPSA) is 111 Å². The molecule has 2 rings (SSSR count). The summed E-state index contributed by atoms with van der Waals surface area (Å²) in [6.07, 6.45) is -1.25. The Balaban J connectivity index is 1.95. The maximum absolute atomic E-state index is 12.6. The minimum Gasteiger partial charge on any atom is -0.497 e. The Morgan fingerprint density at radius 1 is 1.14 bits per heavy atom. The Bertz CT molecular complexity index is 815. The van der Waals surface area contributed by atoms with Crippen LogP contribution in [0, 0.1) is 0 Å². The molecular weight excluding hydrogens is 400 g/mol. The second kappa shape index (κ2) is 9.55. The smallest absolute Gasteiger partial charge is 0.324 e. The molecule has 1 aliphatic heterocycles. The fourth-order valence-corrected chi connectivity index (χ4v) is 4.24. The highest BCUT2D eigenvalue weighted by atomic mass is 32.2. The molecule has 0 bridgehead atoms. The van der Waals surface area contributed by atoms with Gasteiger partial charge in [0.2, 0.25) is 10.0 Å². The number of morpholine rings is 1. The van der Waals surface area contributed by atoms with E-state index in [4.69, 9.17) is 14.2 Å². The first kappa shape index (κ1) is 23.1. The summed E-state index contributed by atoms with van der Waals surface area (Å²) in [6, 6.07) is 4.57. The summed E-state index contributed by atoms with van der Waals surface area (Å²) in [7, 11) is -2.47. The van der Waals surface area contributed by atoms with E-state index < -0.39 is 28.1 Å². The van der Waals surface area contributed by atoms with Gasteiger partial charge in [-0.1, -0.05) is 0 Å². The Morgan fingerprint density at radius 3 is 2.21 bits per heavy atom. The van der Waals surface area contributed by atoms with Crippen LogP contribution in [0.5, 0.6) is 5.75 Å². The molecule has 4 atom stereocenters. The minimum absolute atomic E-state index is 0.0154. The quantitative estimate of drug-likeness (QED) is 0.643. The third-order valence-corrected chi connectivity index (χ3v) is 5.98. The first-order valence-electron chi connectivity index (χ1n) is 9.34. The lowest BCUT2D eigenvalue weighted by Gasteiger charge is -2.36. The molecule has 1 amide bonds. The van der Waals surface area contributed by atoms with Crippen LogP contribution in [0.3, 0.4) is 0 Å². The highest BCUT2D eigenvalue weighted by Crippen LogP contribution is 2.16. The summed E-state index contributed by atoms with van der Waals surface area (Å²) >= 11 is 0. The van der Waals surface area contributed by atoms with E-state index in [-0.39, 0.29) is 23.0 Å². The molecule has 1 aliphatic rings. The van der Waals surface area contributed by atoms with Gasteiger partial charge in [-0.3, -0.25) is 9.59 Å². The van der Waals surface area contributed by atoms with Gasteiger partial charge in [0, 0.05) is 13.1 Å². The van der Waals surface area contributed by atoms with Crippen molar-refractivity contribution in [3.8, 4) is 5.75 Å². The zero-order valence-electron chi connectivity index (χ0n) is 17.2. The zero-order chi connectivity index (χ0) is 21.8. The second-order valence-electron chi connectivity index (χ2n) is 7.10. The van der Waals surface area contributed by atoms with Gasteiger partial charge in [-0.15, -0.1) is 0 Å². The van der Waals surface area contributed by atoms with Gasteiger partial charge in [-0.05, 0) is 52.0 Å². The third kappa shape index (κ3) is 6.15. The number of hydrogen-bond donors (Lipinski definition) is 1. The molecule has 1 N–H and O–H groups in total. The van der Waals surface area contributed by atoms with Crippen molar-refractivity contribution in [2.45, 2.75) is 56.9 Å². The van der Waals surface area contributed by atoms with E-state index in [1.54, 1.807) is 4.90 Å². The standard InChI is InChI=1S/C19H28N2O7S/c1-12-10-21(11-13(2)27-12)18(22)15(4)28-19(23)14(3)20-29(24,25)17-8-6-16(26-5)7-9-17/h6-9,12-15,20H,10-11H2,1-5H3. The predicted octanol–water partition coefficient (Wildman–Crippen LogP) is 0.930. The highest BCUT2D eigenvalue weighted by molar-refractivity contribution is 7.89. The number of esters is 1. The Kier molecular flexibility index (Phi) is 7.61. The largest absolute Gasteiger partial charge is 0.497 e. The molecule has 0 saturated carbocycles. The van der Waals surface area contributed by atoms with E-state index >= 15 is 0 Å². The number of sulfonamides is 1. The van der Waals surface area contributed by atoms with Gasteiger partial charge in [-0.2, -0.15) is 4.72 Å². The summed E-state index contributed by atoms with van der Waals surface area (Å²) in [5.74, 6) is -0.668. The van der Waals surface area contributed by atoms with Crippen molar-refractivity contribution in [2.24, 2.45) is 0 Å². The van der Waals surface area contributed by atoms with Gasteiger partial charge in [0.25, 0.3) is 5.91 Å². The van der Waals surface area contributed by atoms with Crippen LogP contribution >= 0.6 is 0 Å². The van der Waals surface area contributed by atoms with E-state index in [0.717, 1.165) is 0 Å². The van der Waals surface area contributed by atoms with E-state index in [0.29, 0.717) is 18.8 Å². The van der Waals surface area contributed by atoms with Crippen LogP contribution in [0.25, 0.3) is 0 Å². The molecule has 1 aromatic rings. The number of rotatable bonds is 7.